The lowest BCUT2D eigenvalue weighted by atomic mass is 9.81. The molecule has 26 nitrogen and oxygen atoms in total. The van der Waals surface area contributed by atoms with Crippen LogP contribution < -0.4 is 32.6 Å². The minimum absolute atomic E-state index is 0.0564. The lowest BCUT2D eigenvalue weighted by Crippen LogP contribution is -2.47. The standard InChI is InChI=1S/C65H81N11O15/c1-7-45-46-29-44(77)20-21-50(46)71-57-47(45)34-74-52(57)30-49-48(60(74)84)36-88-61(85)65(49,8-2)91-62(86)89-35-40-14-18-42(19-15-40)69-59(83)51(11-9-10-26-66)70-54(79)38-87-37-53(78)67-27-24-64(5,6)90-28-25-63(3,4)76-33-43(72-73-76)31-68-58(82)41-16-12-39(13-17-41)32-75-55(80)22-23-56(75)81/h14-15,18-23,29-30,33,39,41,51,77H,7-13,16-17,24-28,31-32,34-38,66H2,1-6H3,(H,67,78)(H,68,82)(H,69,83)(H,70,79)/t39?,41?,51-,65-/m0/s1. The van der Waals surface area contributed by atoms with Crippen molar-refractivity contribution in [3.05, 3.63) is 111 Å². The Morgan fingerprint density at radius 3 is 2.34 bits per heavy atom. The molecule has 1 aliphatic carbocycles. The molecule has 5 aromatic rings. The van der Waals surface area contributed by atoms with Crippen LogP contribution >= 0.6 is 0 Å². The van der Waals surface area contributed by atoms with Gasteiger partial charge in [-0.3, -0.25) is 38.5 Å². The second-order valence-corrected chi connectivity index (χ2v) is 24.7. The lowest BCUT2D eigenvalue weighted by Gasteiger charge is -2.35. The van der Waals surface area contributed by atoms with E-state index in [1.807, 2.05) is 40.8 Å². The molecule has 3 aromatic heterocycles. The van der Waals surface area contributed by atoms with Gasteiger partial charge in [0.05, 0.1) is 52.9 Å². The number of amides is 6. The Balaban J connectivity index is 0.675. The van der Waals surface area contributed by atoms with Crippen LogP contribution in [0.3, 0.4) is 0 Å². The summed E-state index contributed by atoms with van der Waals surface area (Å²) in [7, 11) is 0. The predicted molar refractivity (Wildman–Crippen MR) is 330 cm³/mol. The summed E-state index contributed by atoms with van der Waals surface area (Å²) in [5.74, 6) is -2.93. The summed E-state index contributed by atoms with van der Waals surface area (Å²) in [5, 5.41) is 30.9. The number of hydrogen-bond acceptors (Lipinski definition) is 19. The maximum Gasteiger partial charge on any atom is 0.510 e. The molecule has 9 rings (SSSR count). The second kappa shape index (κ2) is 28.9. The molecule has 1 fully saturated rings. The number of phenols is 1. The number of nitrogens with two attached hydrogens (primary N) is 1. The molecular formula is C65H81N11O15. The Morgan fingerprint density at radius 1 is 0.890 bits per heavy atom. The summed E-state index contributed by atoms with van der Waals surface area (Å²) < 4.78 is 31.8. The first-order valence-corrected chi connectivity index (χ1v) is 31.1. The van der Waals surface area contributed by atoms with Gasteiger partial charge in [-0.15, -0.1) is 5.10 Å². The lowest BCUT2D eigenvalue weighted by molar-refractivity contribution is -0.175. The molecule has 2 atom stereocenters. The number of unbranched alkanes of at least 4 members (excludes halogenated alkanes) is 1. The van der Waals surface area contributed by atoms with Gasteiger partial charge in [-0.05, 0) is 158 Å². The predicted octanol–water partition coefficient (Wildman–Crippen LogP) is 5.34. The van der Waals surface area contributed by atoms with Gasteiger partial charge >= 0.3 is 12.1 Å². The van der Waals surface area contributed by atoms with Crippen molar-refractivity contribution in [2.24, 2.45) is 17.6 Å². The number of esters is 1. The molecule has 3 aliphatic heterocycles. The summed E-state index contributed by atoms with van der Waals surface area (Å²) in [6.07, 6.45) is 9.05. The number of rotatable bonds is 29. The van der Waals surface area contributed by atoms with Crippen molar-refractivity contribution in [2.45, 2.75) is 161 Å². The normalized spacial score (nSPS) is 18.1. The van der Waals surface area contributed by atoms with E-state index in [4.69, 9.17) is 34.4 Å². The first-order chi connectivity index (χ1) is 43.5. The van der Waals surface area contributed by atoms with Crippen LogP contribution in [0.4, 0.5) is 10.5 Å². The van der Waals surface area contributed by atoms with Crippen molar-refractivity contribution in [1.82, 2.24) is 45.4 Å². The molecule has 0 spiro atoms. The van der Waals surface area contributed by atoms with E-state index < -0.39 is 71.4 Å². The van der Waals surface area contributed by atoms with E-state index in [0.717, 1.165) is 29.4 Å². The Morgan fingerprint density at radius 2 is 1.63 bits per heavy atom. The number of hydrogen-bond donors (Lipinski definition) is 6. The molecule has 6 heterocycles. The number of pyridine rings is 2. The number of nitrogens with zero attached hydrogens (tertiary/aromatic N) is 6. The molecule has 26 heteroatoms. The Kier molecular flexibility index (Phi) is 21.2. The smallest absolute Gasteiger partial charge is 0.508 e. The van der Waals surface area contributed by atoms with Crippen molar-refractivity contribution in [3.63, 3.8) is 0 Å². The number of carbonyl (C=O) groups is 8. The van der Waals surface area contributed by atoms with Gasteiger partial charge in [-0.2, -0.15) is 0 Å². The Labute approximate surface area is 526 Å². The number of fused-ring (bicyclic) bond motifs is 5. The summed E-state index contributed by atoms with van der Waals surface area (Å²) in [6, 6.07) is 12.0. The van der Waals surface area contributed by atoms with E-state index in [2.05, 4.69) is 31.6 Å². The Bertz CT molecular complexity index is 3640. The number of imide groups is 1. The van der Waals surface area contributed by atoms with Gasteiger partial charge in [0.15, 0.2) is 0 Å². The van der Waals surface area contributed by atoms with E-state index in [-0.39, 0.29) is 92.1 Å². The number of aromatic hydroxyl groups is 1. The molecule has 0 radical (unpaired) electrons. The average Bonchev–Trinajstić information content (AvgIpc) is 1.63. The van der Waals surface area contributed by atoms with Crippen molar-refractivity contribution < 1.29 is 67.1 Å². The number of aromatic nitrogens is 5. The number of anilines is 1. The molecule has 6 amide bonds. The largest absolute Gasteiger partial charge is 0.510 e. The van der Waals surface area contributed by atoms with Crippen LogP contribution in [-0.2, 0) is 101 Å². The van der Waals surface area contributed by atoms with Crippen LogP contribution in [-0.4, -0.2) is 133 Å². The zero-order valence-electron chi connectivity index (χ0n) is 52.4. The fourth-order valence-electron chi connectivity index (χ4n) is 12.0. The number of phenolic OH excluding ortho intramolecular Hbond substituents is 1. The van der Waals surface area contributed by atoms with E-state index >= 15 is 0 Å². The zero-order chi connectivity index (χ0) is 65.2. The van der Waals surface area contributed by atoms with Crippen LogP contribution in [0.15, 0.2) is 71.7 Å². The first-order valence-electron chi connectivity index (χ1n) is 31.1. The molecule has 4 aliphatic rings. The van der Waals surface area contributed by atoms with Crippen LogP contribution in [0.1, 0.15) is 139 Å². The monoisotopic (exact) mass is 1260 g/mol. The van der Waals surface area contributed by atoms with Gasteiger partial charge in [0.1, 0.15) is 43.9 Å². The fourth-order valence-corrected chi connectivity index (χ4v) is 12.0. The molecule has 91 heavy (non-hydrogen) atoms. The number of cyclic esters (lactones) is 1. The van der Waals surface area contributed by atoms with E-state index in [9.17, 15) is 48.3 Å². The van der Waals surface area contributed by atoms with Gasteiger partial charge in [-0.25, -0.2) is 19.3 Å². The van der Waals surface area contributed by atoms with Crippen LogP contribution in [0.2, 0.25) is 0 Å². The molecule has 0 unspecified atom stereocenters. The number of aryl methyl sites for hydroxylation is 1. The van der Waals surface area contributed by atoms with Gasteiger partial charge in [0.25, 0.3) is 17.4 Å². The molecule has 2 aromatic carbocycles. The maximum absolute atomic E-state index is 14.1. The average molecular weight is 1260 g/mol. The third-order valence-electron chi connectivity index (χ3n) is 17.4. The number of carbonyl (C=O) groups excluding carboxylic acids is 8. The highest BCUT2D eigenvalue weighted by atomic mass is 16.7. The highest BCUT2D eigenvalue weighted by Crippen LogP contribution is 2.43. The molecule has 7 N–H and O–H groups in total. The van der Waals surface area contributed by atoms with E-state index in [1.165, 1.54) is 17.1 Å². The second-order valence-electron chi connectivity index (χ2n) is 24.7. The van der Waals surface area contributed by atoms with Gasteiger partial charge in [0.2, 0.25) is 29.2 Å². The Hall–Kier alpha value is -8.88. The summed E-state index contributed by atoms with van der Waals surface area (Å²) in [5.41, 5.74) is 7.43. The zero-order valence-corrected chi connectivity index (χ0v) is 52.4. The number of benzene rings is 2. The molecule has 486 valence electrons. The minimum Gasteiger partial charge on any atom is -0.508 e. The SMILES string of the molecule is CCc1c2c(nc3ccc(O)cc13)-c1cc3c(c(=O)n1C2)COC(=O)[C@@]3(CC)OC(=O)OCc1ccc(NC(=O)[C@H](CCCCN)NC(=O)COCC(=O)NCCC(C)(C)OCCC(C)(C)n2cc(CNC(=O)C3CCC(CN4C(=O)C=CC4=O)CC3)nn2)cc1. The van der Waals surface area contributed by atoms with Crippen molar-refractivity contribution in [3.8, 4) is 17.1 Å². The third-order valence-corrected chi connectivity index (χ3v) is 17.4. The van der Waals surface area contributed by atoms with Crippen LogP contribution in [0.5, 0.6) is 5.75 Å². The molecule has 0 saturated heterocycles. The summed E-state index contributed by atoms with van der Waals surface area (Å²) in [6.45, 7) is 11.8. The van der Waals surface area contributed by atoms with Crippen LogP contribution in [0, 0.1) is 11.8 Å². The molecular weight excluding hydrogens is 1170 g/mol. The van der Waals surface area contributed by atoms with Gasteiger partial charge in [-0.1, -0.05) is 31.2 Å². The van der Waals surface area contributed by atoms with Crippen LogP contribution in [0.25, 0.3) is 22.3 Å². The summed E-state index contributed by atoms with van der Waals surface area (Å²) in [4.78, 5) is 124. The van der Waals surface area contributed by atoms with Gasteiger partial charge < -0.3 is 60.4 Å². The minimum atomic E-state index is -2.01. The highest BCUT2D eigenvalue weighted by molar-refractivity contribution is 6.12. The van der Waals surface area contributed by atoms with E-state index in [1.54, 1.807) is 64.7 Å². The van der Waals surface area contributed by atoms with Crippen molar-refractivity contribution >= 4 is 64.2 Å². The van der Waals surface area contributed by atoms with Gasteiger partial charge in [0, 0.05) is 60.0 Å². The fraction of sp³-hybridized carbons (Fsp3) is 0.508. The van der Waals surface area contributed by atoms with Crippen molar-refractivity contribution in [1.29, 1.82) is 0 Å². The van der Waals surface area contributed by atoms with Crippen molar-refractivity contribution in [2.75, 3.05) is 44.8 Å². The number of nitrogens with one attached hydrogen (secondary N) is 4. The van der Waals surface area contributed by atoms with E-state index in [0.29, 0.717) is 98.5 Å². The highest BCUT2D eigenvalue weighted by Gasteiger charge is 2.51. The topological polar surface area (TPSA) is 346 Å². The molecule has 0 bridgehead atoms. The summed E-state index contributed by atoms with van der Waals surface area (Å²) >= 11 is 0. The maximum atomic E-state index is 14.1. The number of ether oxygens (including phenoxy) is 5. The first kappa shape index (κ1) is 66.5. The third kappa shape index (κ3) is 15.8. The quantitative estimate of drug-likeness (QED) is 0.0196. The molecule has 1 saturated carbocycles.